The van der Waals surface area contributed by atoms with Gasteiger partial charge in [0.25, 0.3) is 0 Å². The number of carbonyl (C=O) groups is 1. The highest BCUT2D eigenvalue weighted by Crippen LogP contribution is 2.34. The predicted octanol–water partition coefficient (Wildman–Crippen LogP) is 1.42. The zero-order valence-electron chi connectivity index (χ0n) is 9.65. The number of halogens is 1. The number of hydrogen-bond donors (Lipinski definition) is 1. The molecule has 0 spiro atoms. The zero-order valence-corrected chi connectivity index (χ0v) is 10.5. The summed E-state index contributed by atoms with van der Waals surface area (Å²) in [4.78, 5) is 14.1. The Morgan fingerprint density at radius 1 is 1.25 bits per heavy atom. The average Bonchev–Trinajstić information content (AvgIpc) is 2.94. The van der Waals surface area contributed by atoms with Gasteiger partial charge in [-0.3, -0.25) is 4.79 Å². The van der Waals surface area contributed by atoms with Crippen LogP contribution in [-0.4, -0.2) is 36.5 Å². The van der Waals surface area contributed by atoms with E-state index in [1.54, 1.807) is 0 Å². The number of amides is 1. The second-order valence-electron chi connectivity index (χ2n) is 5.39. The smallest absolute Gasteiger partial charge is 0.222 e. The highest BCUT2D eigenvalue weighted by Gasteiger charge is 2.35. The molecule has 3 nitrogen and oxygen atoms in total. The van der Waals surface area contributed by atoms with Crippen molar-refractivity contribution in [3.63, 3.8) is 0 Å². The second kappa shape index (κ2) is 4.92. The number of piperidine rings is 1. The molecule has 2 aliphatic heterocycles. The summed E-state index contributed by atoms with van der Waals surface area (Å²) in [5, 5.41) is 3.53. The highest BCUT2D eigenvalue weighted by molar-refractivity contribution is 5.85. The number of nitrogens with one attached hydrogen (secondary N) is 1. The summed E-state index contributed by atoms with van der Waals surface area (Å²) in [5.74, 6) is 1.89. The first kappa shape index (κ1) is 12.2. The van der Waals surface area contributed by atoms with Crippen LogP contribution in [0.25, 0.3) is 0 Å². The monoisotopic (exact) mass is 244 g/mol. The maximum Gasteiger partial charge on any atom is 0.222 e. The van der Waals surface area contributed by atoms with Crippen LogP contribution >= 0.6 is 12.4 Å². The van der Waals surface area contributed by atoms with Gasteiger partial charge in [0.2, 0.25) is 5.91 Å². The molecule has 2 unspecified atom stereocenters. The molecule has 0 aromatic heterocycles. The molecule has 1 amide bonds. The molecule has 3 rings (SSSR count). The Kier molecular flexibility index (Phi) is 3.75. The van der Waals surface area contributed by atoms with Crippen molar-refractivity contribution in [2.24, 2.45) is 11.8 Å². The molecule has 0 aromatic carbocycles. The summed E-state index contributed by atoms with van der Waals surface area (Å²) in [6.07, 6.45) is 5.82. The van der Waals surface area contributed by atoms with Gasteiger partial charge in [-0.2, -0.15) is 0 Å². The van der Waals surface area contributed by atoms with E-state index in [0.29, 0.717) is 11.9 Å². The Bertz CT molecular complexity index is 268. The van der Waals surface area contributed by atoms with E-state index in [0.717, 1.165) is 37.9 Å². The standard InChI is InChI=1S/C12H20N2O.ClH/c15-12(7-9-1-2-9)14-6-4-11-10(8-14)3-5-13-11;/h9-11,13H,1-8H2;1H. The minimum absolute atomic E-state index is 0. The third-order valence-electron chi connectivity index (χ3n) is 4.17. The molecule has 1 saturated carbocycles. The summed E-state index contributed by atoms with van der Waals surface area (Å²) >= 11 is 0. The number of carbonyl (C=O) groups excluding carboxylic acids is 1. The maximum atomic E-state index is 11.9. The van der Waals surface area contributed by atoms with Crippen LogP contribution in [0.1, 0.15) is 32.1 Å². The van der Waals surface area contributed by atoms with Gasteiger partial charge in [0.1, 0.15) is 0 Å². The van der Waals surface area contributed by atoms with Gasteiger partial charge in [-0.15, -0.1) is 12.4 Å². The van der Waals surface area contributed by atoms with Crippen LogP contribution in [0.5, 0.6) is 0 Å². The lowest BCUT2D eigenvalue weighted by molar-refractivity contribution is -0.133. The molecule has 0 radical (unpaired) electrons. The Hall–Kier alpha value is -0.280. The molecular weight excluding hydrogens is 224 g/mol. The zero-order chi connectivity index (χ0) is 10.3. The first-order valence-corrected chi connectivity index (χ1v) is 6.34. The van der Waals surface area contributed by atoms with Crippen LogP contribution in [0.3, 0.4) is 0 Å². The molecule has 3 aliphatic rings. The fraction of sp³-hybridized carbons (Fsp3) is 0.917. The van der Waals surface area contributed by atoms with Crippen LogP contribution in [0, 0.1) is 11.8 Å². The van der Waals surface area contributed by atoms with Crippen molar-refractivity contribution >= 4 is 18.3 Å². The van der Waals surface area contributed by atoms with E-state index in [1.807, 2.05) is 0 Å². The van der Waals surface area contributed by atoms with Crippen molar-refractivity contribution in [1.29, 1.82) is 0 Å². The van der Waals surface area contributed by atoms with Gasteiger partial charge in [0, 0.05) is 25.6 Å². The first-order valence-electron chi connectivity index (χ1n) is 6.34. The lowest BCUT2D eigenvalue weighted by atomic mass is 9.93. The SMILES string of the molecule is Cl.O=C(CC1CC1)N1CCC2NCCC2C1. The highest BCUT2D eigenvalue weighted by atomic mass is 35.5. The topological polar surface area (TPSA) is 32.3 Å². The van der Waals surface area contributed by atoms with Crippen molar-refractivity contribution in [2.45, 2.75) is 38.1 Å². The second-order valence-corrected chi connectivity index (χ2v) is 5.39. The molecule has 2 saturated heterocycles. The van der Waals surface area contributed by atoms with Crippen LogP contribution < -0.4 is 5.32 Å². The largest absolute Gasteiger partial charge is 0.342 e. The van der Waals surface area contributed by atoms with Crippen molar-refractivity contribution in [2.75, 3.05) is 19.6 Å². The lowest BCUT2D eigenvalue weighted by Crippen LogP contribution is -2.46. The van der Waals surface area contributed by atoms with Gasteiger partial charge in [-0.25, -0.2) is 0 Å². The molecule has 2 heterocycles. The molecule has 1 N–H and O–H groups in total. The van der Waals surface area contributed by atoms with Crippen LogP contribution in [-0.2, 0) is 4.79 Å². The fourth-order valence-electron chi connectivity index (χ4n) is 2.97. The van der Waals surface area contributed by atoms with Gasteiger partial charge in [-0.1, -0.05) is 0 Å². The minimum Gasteiger partial charge on any atom is -0.342 e. The average molecular weight is 245 g/mol. The summed E-state index contributed by atoms with van der Waals surface area (Å²) in [6, 6.07) is 0.704. The Balaban J connectivity index is 0.000000963. The van der Waals surface area contributed by atoms with Crippen molar-refractivity contribution in [3.05, 3.63) is 0 Å². The quantitative estimate of drug-likeness (QED) is 0.797. The summed E-state index contributed by atoms with van der Waals surface area (Å²) < 4.78 is 0. The molecule has 3 fully saturated rings. The molecule has 16 heavy (non-hydrogen) atoms. The number of rotatable bonds is 2. The molecule has 0 aromatic rings. The summed E-state index contributed by atoms with van der Waals surface area (Å²) in [5.41, 5.74) is 0. The normalized spacial score (nSPS) is 33.1. The molecule has 92 valence electrons. The number of fused-ring (bicyclic) bond motifs is 1. The van der Waals surface area contributed by atoms with Crippen molar-refractivity contribution in [3.8, 4) is 0 Å². The van der Waals surface area contributed by atoms with Gasteiger partial charge in [-0.05, 0) is 44.1 Å². The van der Waals surface area contributed by atoms with Crippen LogP contribution in [0.4, 0.5) is 0 Å². The van der Waals surface area contributed by atoms with Crippen molar-refractivity contribution < 1.29 is 4.79 Å². The summed E-state index contributed by atoms with van der Waals surface area (Å²) in [7, 11) is 0. The van der Waals surface area contributed by atoms with E-state index in [4.69, 9.17) is 0 Å². The third kappa shape index (κ3) is 2.51. The molecule has 4 heteroatoms. The number of hydrogen-bond acceptors (Lipinski definition) is 2. The Morgan fingerprint density at radius 3 is 2.81 bits per heavy atom. The lowest BCUT2D eigenvalue weighted by Gasteiger charge is -2.35. The Labute approximate surface area is 103 Å². The minimum atomic E-state index is 0. The van der Waals surface area contributed by atoms with Gasteiger partial charge < -0.3 is 10.2 Å². The predicted molar refractivity (Wildman–Crippen MR) is 65.7 cm³/mol. The van der Waals surface area contributed by atoms with E-state index in [2.05, 4.69) is 10.2 Å². The number of likely N-dealkylation sites (tertiary alicyclic amines) is 1. The van der Waals surface area contributed by atoms with E-state index < -0.39 is 0 Å². The summed E-state index contributed by atoms with van der Waals surface area (Å²) in [6.45, 7) is 3.16. The number of nitrogens with zero attached hydrogens (tertiary/aromatic N) is 1. The van der Waals surface area contributed by atoms with Gasteiger partial charge in [0.05, 0.1) is 0 Å². The molecule has 0 bridgehead atoms. The van der Waals surface area contributed by atoms with Gasteiger partial charge in [0.15, 0.2) is 0 Å². The Morgan fingerprint density at radius 2 is 2.06 bits per heavy atom. The van der Waals surface area contributed by atoms with Crippen molar-refractivity contribution in [1.82, 2.24) is 10.2 Å². The molecular formula is C12H21ClN2O. The van der Waals surface area contributed by atoms with Crippen LogP contribution in [0.2, 0.25) is 0 Å². The maximum absolute atomic E-state index is 11.9. The van der Waals surface area contributed by atoms with E-state index in [-0.39, 0.29) is 12.4 Å². The van der Waals surface area contributed by atoms with E-state index >= 15 is 0 Å². The van der Waals surface area contributed by atoms with E-state index in [1.165, 1.54) is 25.7 Å². The van der Waals surface area contributed by atoms with E-state index in [9.17, 15) is 4.79 Å². The van der Waals surface area contributed by atoms with Gasteiger partial charge >= 0.3 is 0 Å². The fourth-order valence-corrected chi connectivity index (χ4v) is 2.97. The van der Waals surface area contributed by atoms with Crippen LogP contribution in [0.15, 0.2) is 0 Å². The molecule has 2 atom stereocenters. The third-order valence-corrected chi connectivity index (χ3v) is 4.17. The molecule has 1 aliphatic carbocycles. The first-order chi connectivity index (χ1) is 7.33.